The molecular formula is C26H18N2O2. The first kappa shape index (κ1) is 18.1. The Morgan fingerprint density at radius 3 is 2.20 bits per heavy atom. The molecule has 0 amide bonds. The minimum Gasteiger partial charge on any atom is -0.360 e. The van der Waals surface area contributed by atoms with E-state index in [9.17, 15) is 14.9 Å². The van der Waals surface area contributed by atoms with Gasteiger partial charge in [0.25, 0.3) is 0 Å². The van der Waals surface area contributed by atoms with Gasteiger partial charge in [-0.2, -0.15) is 5.26 Å². The summed E-state index contributed by atoms with van der Waals surface area (Å²) in [4.78, 5) is 30.3. The lowest BCUT2D eigenvalue weighted by atomic mass is 9.89. The van der Waals surface area contributed by atoms with Gasteiger partial charge in [0.2, 0.25) is 0 Å². The summed E-state index contributed by atoms with van der Waals surface area (Å²) in [6, 6.07) is 28.1. The highest BCUT2D eigenvalue weighted by atomic mass is 16.1. The van der Waals surface area contributed by atoms with Crippen molar-refractivity contribution < 1.29 is 9.59 Å². The number of aromatic nitrogens is 1. The van der Waals surface area contributed by atoms with E-state index in [0.29, 0.717) is 11.1 Å². The Bertz CT molecular complexity index is 1300. The van der Waals surface area contributed by atoms with Crippen LogP contribution < -0.4 is 0 Å². The van der Waals surface area contributed by atoms with Crippen molar-refractivity contribution in [2.24, 2.45) is 11.3 Å². The van der Waals surface area contributed by atoms with Crippen molar-refractivity contribution in [2.45, 2.75) is 5.92 Å². The molecule has 1 aromatic heterocycles. The highest BCUT2D eigenvalue weighted by molar-refractivity contribution is 6.18. The normalized spacial score (nSPS) is 22.4. The van der Waals surface area contributed by atoms with Crippen LogP contribution in [0.5, 0.6) is 0 Å². The Morgan fingerprint density at radius 2 is 1.50 bits per heavy atom. The van der Waals surface area contributed by atoms with Gasteiger partial charge in [0.1, 0.15) is 5.41 Å². The second kappa shape index (κ2) is 6.82. The lowest BCUT2D eigenvalue weighted by Gasteiger charge is -2.08. The molecule has 1 aliphatic rings. The Labute approximate surface area is 173 Å². The molecule has 3 atom stereocenters. The number of para-hydroxylation sites is 1. The van der Waals surface area contributed by atoms with Crippen LogP contribution in [0.1, 0.15) is 32.2 Å². The van der Waals surface area contributed by atoms with E-state index in [1.807, 2.05) is 60.7 Å². The predicted octanol–water partition coefficient (Wildman–Crippen LogP) is 5.16. The second-order valence-electron chi connectivity index (χ2n) is 7.65. The summed E-state index contributed by atoms with van der Waals surface area (Å²) in [6.07, 6.45) is 1.65. The Hall–Kier alpha value is -3.97. The van der Waals surface area contributed by atoms with Crippen molar-refractivity contribution in [3.8, 4) is 6.07 Å². The number of hydrogen-bond donors (Lipinski definition) is 1. The molecule has 1 fully saturated rings. The molecule has 4 aromatic rings. The van der Waals surface area contributed by atoms with Crippen molar-refractivity contribution in [2.75, 3.05) is 0 Å². The van der Waals surface area contributed by atoms with Crippen LogP contribution in [0, 0.1) is 22.7 Å². The van der Waals surface area contributed by atoms with Crippen LogP contribution in [0.15, 0.2) is 91.1 Å². The van der Waals surface area contributed by atoms with Crippen LogP contribution >= 0.6 is 0 Å². The smallest absolute Gasteiger partial charge is 0.186 e. The summed E-state index contributed by atoms with van der Waals surface area (Å²) in [5.74, 6) is -1.66. The van der Waals surface area contributed by atoms with Crippen molar-refractivity contribution in [3.63, 3.8) is 0 Å². The third kappa shape index (κ3) is 2.53. The number of H-pyrrole nitrogens is 1. The number of fused-ring (bicyclic) bond motifs is 1. The van der Waals surface area contributed by atoms with Gasteiger partial charge in [0.15, 0.2) is 11.6 Å². The minimum atomic E-state index is -1.42. The number of carbonyl (C=O) groups is 2. The van der Waals surface area contributed by atoms with Crippen LogP contribution in [-0.4, -0.2) is 16.6 Å². The predicted molar refractivity (Wildman–Crippen MR) is 114 cm³/mol. The van der Waals surface area contributed by atoms with Crippen LogP contribution in [0.3, 0.4) is 0 Å². The number of nitrogens with one attached hydrogen (secondary N) is 1. The SMILES string of the molecule is N#C[C@@]1(C(=O)c2c[nH]c3ccccc23)[C@H](C(=O)c2ccccc2)[C@H]1c1ccccc1. The highest BCUT2D eigenvalue weighted by Crippen LogP contribution is 2.67. The van der Waals surface area contributed by atoms with E-state index >= 15 is 0 Å². The molecule has 1 saturated carbocycles. The molecule has 1 aliphatic carbocycles. The average Bonchev–Trinajstić information content (AvgIpc) is 3.32. The van der Waals surface area contributed by atoms with Gasteiger partial charge in [0.05, 0.1) is 12.0 Å². The first-order valence-electron chi connectivity index (χ1n) is 9.85. The molecular weight excluding hydrogens is 372 g/mol. The summed E-state index contributed by atoms with van der Waals surface area (Å²) in [6.45, 7) is 0. The van der Waals surface area contributed by atoms with Gasteiger partial charge in [-0.25, -0.2) is 0 Å². The van der Waals surface area contributed by atoms with Crippen LogP contribution in [0.25, 0.3) is 10.9 Å². The number of nitrogens with zero attached hydrogens (tertiary/aromatic N) is 1. The van der Waals surface area contributed by atoms with E-state index in [0.717, 1.165) is 16.5 Å². The van der Waals surface area contributed by atoms with Gasteiger partial charge in [-0.15, -0.1) is 0 Å². The largest absolute Gasteiger partial charge is 0.360 e. The zero-order valence-corrected chi connectivity index (χ0v) is 16.1. The zero-order valence-electron chi connectivity index (χ0n) is 16.1. The van der Waals surface area contributed by atoms with Crippen molar-refractivity contribution in [1.82, 2.24) is 4.98 Å². The molecule has 144 valence electrons. The number of carbonyl (C=O) groups excluding carboxylic acids is 2. The van der Waals surface area contributed by atoms with E-state index in [2.05, 4.69) is 11.1 Å². The van der Waals surface area contributed by atoms with E-state index in [4.69, 9.17) is 0 Å². The number of hydrogen-bond acceptors (Lipinski definition) is 3. The van der Waals surface area contributed by atoms with Gasteiger partial charge in [-0.3, -0.25) is 9.59 Å². The molecule has 0 bridgehead atoms. The first-order valence-corrected chi connectivity index (χ1v) is 9.85. The molecule has 0 aliphatic heterocycles. The average molecular weight is 390 g/mol. The van der Waals surface area contributed by atoms with Gasteiger partial charge >= 0.3 is 0 Å². The molecule has 0 saturated heterocycles. The summed E-state index contributed by atoms with van der Waals surface area (Å²) in [7, 11) is 0. The van der Waals surface area contributed by atoms with Crippen molar-refractivity contribution in [1.29, 1.82) is 5.26 Å². The monoisotopic (exact) mass is 390 g/mol. The topological polar surface area (TPSA) is 73.7 Å². The number of Topliss-reactive ketones (excluding diaryl/α,β-unsaturated/α-hetero) is 2. The summed E-state index contributed by atoms with van der Waals surface area (Å²) < 4.78 is 0. The lowest BCUT2D eigenvalue weighted by Crippen LogP contribution is -2.20. The number of aromatic amines is 1. The van der Waals surface area contributed by atoms with Gasteiger partial charge < -0.3 is 4.98 Å². The molecule has 4 heteroatoms. The summed E-state index contributed by atoms with van der Waals surface area (Å²) in [5.41, 5.74) is 1.22. The fourth-order valence-corrected chi connectivity index (χ4v) is 4.60. The summed E-state index contributed by atoms with van der Waals surface area (Å²) in [5, 5.41) is 11.0. The number of rotatable bonds is 5. The number of nitriles is 1. The molecule has 1 N–H and O–H groups in total. The van der Waals surface area contributed by atoms with E-state index < -0.39 is 17.3 Å². The van der Waals surface area contributed by atoms with Gasteiger partial charge in [-0.05, 0) is 11.6 Å². The molecule has 30 heavy (non-hydrogen) atoms. The molecule has 3 aromatic carbocycles. The quantitative estimate of drug-likeness (QED) is 0.479. The van der Waals surface area contributed by atoms with Crippen LogP contribution in [-0.2, 0) is 0 Å². The minimum absolute atomic E-state index is 0.167. The maximum absolute atomic E-state index is 13.8. The van der Waals surface area contributed by atoms with Gasteiger partial charge in [-0.1, -0.05) is 78.9 Å². The molecule has 5 rings (SSSR count). The second-order valence-corrected chi connectivity index (χ2v) is 7.65. The van der Waals surface area contributed by atoms with Crippen LogP contribution in [0.4, 0.5) is 0 Å². The number of ketones is 2. The third-order valence-corrected chi connectivity index (χ3v) is 6.10. The van der Waals surface area contributed by atoms with E-state index in [1.54, 1.807) is 30.5 Å². The van der Waals surface area contributed by atoms with Crippen molar-refractivity contribution in [3.05, 3.63) is 108 Å². The summed E-state index contributed by atoms with van der Waals surface area (Å²) >= 11 is 0. The maximum atomic E-state index is 13.8. The third-order valence-electron chi connectivity index (χ3n) is 6.10. The maximum Gasteiger partial charge on any atom is 0.186 e. The standard InChI is InChI=1S/C26H18N2O2/c27-16-26(25(30)20-15-28-21-14-8-7-13-19(20)21)22(17-9-3-1-4-10-17)23(26)24(29)18-11-5-2-6-12-18/h1-15,22-23,28H/t22-,23+,26+/m1/s1. The van der Waals surface area contributed by atoms with Crippen molar-refractivity contribution >= 4 is 22.5 Å². The van der Waals surface area contributed by atoms with E-state index in [-0.39, 0.29) is 11.6 Å². The Morgan fingerprint density at radius 1 is 0.867 bits per heavy atom. The van der Waals surface area contributed by atoms with Crippen LogP contribution in [0.2, 0.25) is 0 Å². The fourth-order valence-electron chi connectivity index (χ4n) is 4.60. The highest BCUT2D eigenvalue weighted by Gasteiger charge is 2.73. The zero-order chi connectivity index (χ0) is 20.7. The van der Waals surface area contributed by atoms with E-state index in [1.165, 1.54) is 0 Å². The molecule has 4 nitrogen and oxygen atoms in total. The molecule has 0 unspecified atom stereocenters. The molecule has 0 spiro atoms. The fraction of sp³-hybridized carbons (Fsp3) is 0.115. The first-order chi connectivity index (χ1) is 14.7. The number of benzene rings is 3. The Balaban J connectivity index is 1.64. The van der Waals surface area contributed by atoms with Gasteiger partial charge in [0, 0.05) is 34.1 Å². The molecule has 1 heterocycles. The lowest BCUT2D eigenvalue weighted by molar-refractivity contribution is 0.0875. The molecule has 0 radical (unpaired) electrons. The Kier molecular flexibility index (Phi) is 4.11.